The van der Waals surface area contributed by atoms with Gasteiger partial charge in [0.05, 0.1) is 0 Å². The number of aliphatic carboxylic acids is 1. The van der Waals surface area contributed by atoms with Gasteiger partial charge in [0.2, 0.25) is 0 Å². The van der Waals surface area contributed by atoms with Crippen LogP contribution in [0, 0.1) is 5.82 Å². The average Bonchev–Trinajstić information content (AvgIpc) is 2.38. The van der Waals surface area contributed by atoms with Crippen molar-refractivity contribution < 1.29 is 19.1 Å². The van der Waals surface area contributed by atoms with E-state index in [9.17, 15) is 14.0 Å². The fourth-order valence-electron chi connectivity index (χ4n) is 1.55. The minimum absolute atomic E-state index is 0.0855. The highest BCUT2D eigenvalue weighted by Crippen LogP contribution is 2.10. The monoisotopic (exact) mass is 268 g/mol. The van der Waals surface area contributed by atoms with E-state index in [4.69, 9.17) is 5.11 Å². The minimum Gasteiger partial charge on any atom is -0.480 e. The van der Waals surface area contributed by atoms with Gasteiger partial charge < -0.3 is 14.9 Å². The van der Waals surface area contributed by atoms with Gasteiger partial charge in [-0.25, -0.2) is 14.0 Å². The Bertz CT molecular complexity index is 479. The minimum atomic E-state index is -1.09. The normalized spacial score (nSPS) is 11.8. The molecular formula is C13H17FN2O3. The quantitative estimate of drug-likeness (QED) is 0.905. The van der Waals surface area contributed by atoms with Gasteiger partial charge in [-0.15, -0.1) is 0 Å². The number of halogens is 1. The summed E-state index contributed by atoms with van der Waals surface area (Å²) >= 11 is 0. The van der Waals surface area contributed by atoms with Crippen LogP contribution in [0.4, 0.5) is 9.18 Å². The first-order chi connectivity index (χ1) is 8.84. The number of benzene rings is 1. The molecule has 104 valence electrons. The van der Waals surface area contributed by atoms with Crippen LogP contribution in [0.3, 0.4) is 0 Å². The first-order valence-electron chi connectivity index (χ1n) is 5.78. The zero-order valence-corrected chi connectivity index (χ0v) is 11.1. The predicted octanol–water partition coefficient (Wildman–Crippen LogP) is 1.78. The van der Waals surface area contributed by atoms with Gasteiger partial charge >= 0.3 is 12.0 Å². The van der Waals surface area contributed by atoms with Crippen molar-refractivity contribution in [3.63, 3.8) is 0 Å². The third kappa shape index (κ3) is 3.67. The molecule has 0 aliphatic carbocycles. The third-order valence-electron chi connectivity index (χ3n) is 2.93. The number of rotatable bonds is 4. The summed E-state index contributed by atoms with van der Waals surface area (Å²) in [4.78, 5) is 25.2. The zero-order chi connectivity index (χ0) is 14.6. The summed E-state index contributed by atoms with van der Waals surface area (Å²) in [5, 5.41) is 8.84. The van der Waals surface area contributed by atoms with E-state index in [-0.39, 0.29) is 6.54 Å². The van der Waals surface area contributed by atoms with Crippen molar-refractivity contribution in [2.75, 3.05) is 14.1 Å². The Labute approximate surface area is 111 Å². The second-order valence-corrected chi connectivity index (χ2v) is 4.36. The molecule has 0 fully saturated rings. The largest absolute Gasteiger partial charge is 0.480 e. The molecule has 6 heteroatoms. The molecule has 5 nitrogen and oxygen atoms in total. The summed E-state index contributed by atoms with van der Waals surface area (Å²) in [5.74, 6) is -1.48. The molecule has 2 amide bonds. The molecule has 0 saturated carbocycles. The van der Waals surface area contributed by atoms with Gasteiger partial charge in [0.15, 0.2) is 0 Å². The SMILES string of the molecule is CC(C(=O)O)N(C)C(=O)N(C)Cc1ccccc1F. The van der Waals surface area contributed by atoms with Gasteiger partial charge in [0, 0.05) is 26.2 Å². The van der Waals surface area contributed by atoms with Crippen molar-refractivity contribution in [3.8, 4) is 0 Å². The van der Waals surface area contributed by atoms with E-state index in [1.807, 2.05) is 0 Å². The van der Waals surface area contributed by atoms with Crippen LogP contribution in [0.15, 0.2) is 24.3 Å². The fraction of sp³-hybridized carbons (Fsp3) is 0.385. The van der Waals surface area contributed by atoms with E-state index >= 15 is 0 Å². The number of carboxylic acids is 1. The maximum Gasteiger partial charge on any atom is 0.326 e. The van der Waals surface area contributed by atoms with Crippen molar-refractivity contribution in [2.45, 2.75) is 19.5 Å². The van der Waals surface area contributed by atoms with Crippen molar-refractivity contribution >= 4 is 12.0 Å². The van der Waals surface area contributed by atoms with Crippen molar-refractivity contribution in [2.24, 2.45) is 0 Å². The number of amides is 2. The van der Waals surface area contributed by atoms with Crippen molar-refractivity contribution in [1.29, 1.82) is 0 Å². The number of likely N-dealkylation sites (N-methyl/N-ethyl adjacent to an activating group) is 1. The van der Waals surface area contributed by atoms with Gasteiger partial charge in [-0.1, -0.05) is 18.2 Å². The van der Waals surface area contributed by atoms with Gasteiger partial charge in [-0.2, -0.15) is 0 Å². The highest BCUT2D eigenvalue weighted by molar-refractivity contribution is 5.82. The second-order valence-electron chi connectivity index (χ2n) is 4.36. The lowest BCUT2D eigenvalue weighted by molar-refractivity contribution is -0.141. The van der Waals surface area contributed by atoms with E-state index in [2.05, 4.69) is 0 Å². The molecule has 0 spiro atoms. The third-order valence-corrected chi connectivity index (χ3v) is 2.93. The smallest absolute Gasteiger partial charge is 0.326 e. The Kier molecular flexibility index (Phi) is 4.86. The molecule has 0 bridgehead atoms. The Balaban J connectivity index is 2.73. The molecule has 19 heavy (non-hydrogen) atoms. The molecule has 1 N–H and O–H groups in total. The first-order valence-corrected chi connectivity index (χ1v) is 5.78. The van der Waals surface area contributed by atoms with E-state index in [0.717, 1.165) is 4.90 Å². The molecule has 1 atom stereocenters. The lowest BCUT2D eigenvalue weighted by Gasteiger charge is -2.27. The Morgan fingerprint density at radius 3 is 2.42 bits per heavy atom. The molecule has 1 aromatic carbocycles. The molecular weight excluding hydrogens is 251 g/mol. The zero-order valence-electron chi connectivity index (χ0n) is 11.1. The Morgan fingerprint density at radius 1 is 1.32 bits per heavy atom. The summed E-state index contributed by atoms with van der Waals surface area (Å²) in [7, 11) is 2.90. The summed E-state index contributed by atoms with van der Waals surface area (Å²) in [5.41, 5.74) is 0.384. The molecule has 1 aromatic rings. The molecule has 0 aromatic heterocycles. The topological polar surface area (TPSA) is 60.9 Å². The highest BCUT2D eigenvalue weighted by atomic mass is 19.1. The van der Waals surface area contributed by atoms with Crippen LogP contribution < -0.4 is 0 Å². The lowest BCUT2D eigenvalue weighted by atomic mass is 10.2. The lowest BCUT2D eigenvalue weighted by Crippen LogP contribution is -2.46. The van der Waals surface area contributed by atoms with Gasteiger partial charge in [-0.3, -0.25) is 0 Å². The number of carbonyl (C=O) groups excluding carboxylic acids is 1. The molecule has 1 rings (SSSR count). The standard InChI is InChI=1S/C13H17FN2O3/c1-9(12(17)18)16(3)13(19)15(2)8-10-6-4-5-7-11(10)14/h4-7,9H,8H2,1-3H3,(H,17,18). The second kappa shape index (κ2) is 6.17. The number of urea groups is 1. The fourth-order valence-corrected chi connectivity index (χ4v) is 1.55. The van der Waals surface area contributed by atoms with E-state index < -0.39 is 23.9 Å². The van der Waals surface area contributed by atoms with Crippen LogP contribution in [-0.2, 0) is 11.3 Å². The van der Waals surface area contributed by atoms with Gasteiger partial charge in [-0.05, 0) is 13.0 Å². The van der Waals surface area contributed by atoms with Crippen LogP contribution in [-0.4, -0.2) is 47.0 Å². The average molecular weight is 268 g/mol. The summed E-state index contributed by atoms with van der Waals surface area (Å²) in [6.45, 7) is 1.50. The molecule has 0 heterocycles. The number of carbonyl (C=O) groups is 2. The van der Waals surface area contributed by atoms with E-state index in [0.29, 0.717) is 5.56 Å². The summed E-state index contributed by atoms with van der Waals surface area (Å²) in [6, 6.07) is 4.74. The van der Waals surface area contributed by atoms with Crippen molar-refractivity contribution in [1.82, 2.24) is 9.80 Å². The number of hydrogen-bond donors (Lipinski definition) is 1. The molecule has 0 aliphatic rings. The van der Waals surface area contributed by atoms with Crippen LogP contribution in [0.1, 0.15) is 12.5 Å². The molecule has 0 saturated heterocycles. The number of carboxylic acid groups (broad SMARTS) is 1. The summed E-state index contributed by atoms with van der Waals surface area (Å²) < 4.78 is 13.5. The predicted molar refractivity (Wildman–Crippen MR) is 68.1 cm³/mol. The summed E-state index contributed by atoms with van der Waals surface area (Å²) in [6.07, 6.45) is 0. The van der Waals surface area contributed by atoms with Crippen LogP contribution >= 0.6 is 0 Å². The maximum absolute atomic E-state index is 13.5. The first kappa shape index (κ1) is 14.9. The Hall–Kier alpha value is -2.11. The van der Waals surface area contributed by atoms with E-state index in [1.165, 1.54) is 32.0 Å². The van der Waals surface area contributed by atoms with Crippen LogP contribution in [0.5, 0.6) is 0 Å². The maximum atomic E-state index is 13.5. The van der Waals surface area contributed by atoms with E-state index in [1.54, 1.807) is 18.2 Å². The molecule has 0 aliphatic heterocycles. The van der Waals surface area contributed by atoms with Gasteiger partial charge in [0.25, 0.3) is 0 Å². The Morgan fingerprint density at radius 2 is 1.89 bits per heavy atom. The van der Waals surface area contributed by atoms with Crippen LogP contribution in [0.2, 0.25) is 0 Å². The van der Waals surface area contributed by atoms with Gasteiger partial charge in [0.1, 0.15) is 11.9 Å². The van der Waals surface area contributed by atoms with Crippen molar-refractivity contribution in [3.05, 3.63) is 35.6 Å². The van der Waals surface area contributed by atoms with Crippen LogP contribution in [0.25, 0.3) is 0 Å². The number of nitrogens with zero attached hydrogens (tertiary/aromatic N) is 2. The molecule has 1 unspecified atom stereocenters. The molecule has 0 radical (unpaired) electrons. The number of hydrogen-bond acceptors (Lipinski definition) is 2. The highest BCUT2D eigenvalue weighted by Gasteiger charge is 2.24.